The third kappa shape index (κ3) is 2.52. The third-order valence-electron chi connectivity index (χ3n) is 2.42. The van der Waals surface area contributed by atoms with Crippen LogP contribution in [0, 0.1) is 0 Å². The first-order chi connectivity index (χ1) is 8.98. The molecule has 0 amide bonds. The van der Waals surface area contributed by atoms with Gasteiger partial charge in [0.15, 0.2) is 0 Å². The van der Waals surface area contributed by atoms with E-state index >= 15 is 0 Å². The number of halogens is 1. The molecular formula is C11H11ClN2O4S. The Bertz CT molecular complexity index is 696. The molecule has 8 heteroatoms. The van der Waals surface area contributed by atoms with Crippen LogP contribution in [0.15, 0.2) is 35.5 Å². The Morgan fingerprint density at radius 1 is 1.26 bits per heavy atom. The van der Waals surface area contributed by atoms with Crippen molar-refractivity contribution in [1.29, 1.82) is 0 Å². The molecule has 0 saturated carbocycles. The van der Waals surface area contributed by atoms with Crippen molar-refractivity contribution in [2.24, 2.45) is 0 Å². The average Bonchev–Trinajstić information content (AvgIpc) is 2.85. The summed E-state index contributed by atoms with van der Waals surface area (Å²) in [4.78, 5) is -0.0180. The molecule has 0 fully saturated rings. The van der Waals surface area contributed by atoms with E-state index in [2.05, 4.69) is 5.10 Å². The van der Waals surface area contributed by atoms with Gasteiger partial charge in [-0.25, -0.2) is 0 Å². The molecule has 19 heavy (non-hydrogen) atoms. The molecule has 0 aliphatic heterocycles. The summed E-state index contributed by atoms with van der Waals surface area (Å²) < 4.78 is 35.6. The first kappa shape index (κ1) is 13.7. The van der Waals surface area contributed by atoms with Crippen molar-refractivity contribution >= 4 is 21.6 Å². The topological polar surface area (TPSA) is 70.4 Å². The lowest BCUT2D eigenvalue weighted by Crippen LogP contribution is -2.14. The maximum atomic E-state index is 12.3. The lowest BCUT2D eigenvalue weighted by atomic mass is 10.3. The molecule has 6 nitrogen and oxygen atoms in total. The van der Waals surface area contributed by atoms with Crippen LogP contribution in [0.4, 0.5) is 0 Å². The van der Waals surface area contributed by atoms with Crippen molar-refractivity contribution < 1.29 is 17.9 Å². The van der Waals surface area contributed by atoms with Crippen LogP contribution in [0.2, 0.25) is 5.02 Å². The van der Waals surface area contributed by atoms with Gasteiger partial charge in [0.25, 0.3) is 10.0 Å². The second kappa shape index (κ2) is 5.10. The fourth-order valence-electron chi connectivity index (χ4n) is 1.50. The minimum atomic E-state index is -3.85. The Kier molecular flexibility index (Phi) is 3.68. The van der Waals surface area contributed by atoms with Gasteiger partial charge in [0, 0.05) is 6.07 Å². The van der Waals surface area contributed by atoms with Crippen molar-refractivity contribution in [3.63, 3.8) is 0 Å². The highest BCUT2D eigenvalue weighted by Crippen LogP contribution is 2.29. The third-order valence-corrected chi connectivity index (χ3v) is 4.20. The molecular weight excluding hydrogens is 292 g/mol. The predicted octanol–water partition coefficient (Wildman–Crippen LogP) is 1.79. The van der Waals surface area contributed by atoms with Gasteiger partial charge in [-0.3, -0.25) is 0 Å². The zero-order valence-electron chi connectivity index (χ0n) is 10.2. The number of hydrogen-bond donors (Lipinski definition) is 0. The summed E-state index contributed by atoms with van der Waals surface area (Å²) in [5.74, 6) is 0.667. The highest BCUT2D eigenvalue weighted by Gasteiger charge is 2.23. The molecule has 0 aliphatic rings. The summed E-state index contributed by atoms with van der Waals surface area (Å²) >= 11 is 5.68. The second-order valence-corrected chi connectivity index (χ2v) is 5.75. The zero-order valence-corrected chi connectivity index (χ0v) is 11.8. The monoisotopic (exact) mass is 302 g/mol. The van der Waals surface area contributed by atoms with Crippen LogP contribution in [-0.4, -0.2) is 31.8 Å². The van der Waals surface area contributed by atoms with E-state index in [1.807, 2.05) is 0 Å². The Morgan fingerprint density at radius 2 is 2.00 bits per heavy atom. The minimum Gasteiger partial charge on any atom is -0.497 e. The molecule has 0 unspecified atom stereocenters. The molecule has 1 aromatic heterocycles. The van der Waals surface area contributed by atoms with E-state index in [1.54, 1.807) is 0 Å². The van der Waals surface area contributed by atoms with Crippen LogP contribution < -0.4 is 9.47 Å². The van der Waals surface area contributed by atoms with E-state index in [-0.39, 0.29) is 15.7 Å². The summed E-state index contributed by atoms with van der Waals surface area (Å²) in [5.41, 5.74) is 0. The first-order valence-corrected chi connectivity index (χ1v) is 6.98. The molecule has 2 aromatic rings. The molecule has 0 bridgehead atoms. The van der Waals surface area contributed by atoms with Gasteiger partial charge >= 0.3 is 0 Å². The van der Waals surface area contributed by atoms with Gasteiger partial charge in [0.1, 0.15) is 16.4 Å². The van der Waals surface area contributed by atoms with Gasteiger partial charge in [-0.1, -0.05) is 11.6 Å². The number of nitrogens with zero attached hydrogens (tertiary/aromatic N) is 2. The molecule has 0 N–H and O–H groups in total. The molecule has 0 aliphatic carbocycles. The minimum absolute atomic E-state index is 0.0180. The van der Waals surface area contributed by atoms with Crippen molar-refractivity contribution in [2.45, 2.75) is 4.90 Å². The Labute approximate surface area is 115 Å². The molecule has 0 saturated heterocycles. The quantitative estimate of drug-likeness (QED) is 0.861. The van der Waals surface area contributed by atoms with Crippen LogP contribution in [0.3, 0.4) is 0 Å². The number of aromatic nitrogens is 2. The lowest BCUT2D eigenvalue weighted by molar-refractivity contribution is 0.386. The average molecular weight is 303 g/mol. The molecule has 1 heterocycles. The zero-order chi connectivity index (χ0) is 14.0. The van der Waals surface area contributed by atoms with Gasteiger partial charge in [-0.15, -0.1) is 0 Å². The van der Waals surface area contributed by atoms with Crippen molar-refractivity contribution in [3.05, 3.63) is 35.6 Å². The van der Waals surface area contributed by atoms with Gasteiger partial charge in [-0.05, 0) is 12.1 Å². The molecule has 2 rings (SSSR count). The Balaban J connectivity index is 2.58. The highest BCUT2D eigenvalue weighted by atomic mass is 35.5. The normalized spacial score (nSPS) is 11.3. The van der Waals surface area contributed by atoms with Crippen LogP contribution >= 0.6 is 11.6 Å². The van der Waals surface area contributed by atoms with E-state index in [0.717, 1.165) is 4.09 Å². The molecule has 0 radical (unpaired) electrons. The van der Waals surface area contributed by atoms with Crippen LogP contribution in [0.5, 0.6) is 11.5 Å². The number of benzene rings is 1. The Morgan fingerprint density at radius 3 is 2.53 bits per heavy atom. The fraction of sp³-hybridized carbons (Fsp3) is 0.182. The maximum absolute atomic E-state index is 12.3. The molecule has 0 atom stereocenters. The summed E-state index contributed by atoms with van der Waals surface area (Å²) in [7, 11) is -0.984. The van der Waals surface area contributed by atoms with Crippen LogP contribution in [0.1, 0.15) is 0 Å². The summed E-state index contributed by atoms with van der Waals surface area (Å²) in [6.07, 6.45) is 2.45. The largest absolute Gasteiger partial charge is 0.497 e. The number of rotatable bonds is 4. The van der Waals surface area contributed by atoms with Crippen molar-refractivity contribution in [3.8, 4) is 11.5 Å². The second-order valence-electron chi connectivity index (χ2n) is 3.55. The highest BCUT2D eigenvalue weighted by molar-refractivity contribution is 7.90. The summed E-state index contributed by atoms with van der Waals surface area (Å²) in [5, 5.41) is 3.92. The van der Waals surface area contributed by atoms with Crippen molar-refractivity contribution in [1.82, 2.24) is 9.19 Å². The van der Waals surface area contributed by atoms with E-state index in [9.17, 15) is 8.42 Å². The number of hydrogen-bond acceptors (Lipinski definition) is 5. The van der Waals surface area contributed by atoms with Crippen molar-refractivity contribution in [2.75, 3.05) is 14.2 Å². The lowest BCUT2D eigenvalue weighted by Gasteiger charge is -2.10. The fourth-order valence-corrected chi connectivity index (χ4v) is 2.96. The van der Waals surface area contributed by atoms with Gasteiger partial charge in [0.2, 0.25) is 0 Å². The smallest absolute Gasteiger partial charge is 0.286 e. The summed E-state index contributed by atoms with van der Waals surface area (Å²) in [6.45, 7) is 0. The first-order valence-electron chi connectivity index (χ1n) is 5.17. The SMILES string of the molecule is COc1ccc(S(=O)(=O)n2cc(Cl)cn2)c(OC)c1. The van der Waals surface area contributed by atoms with Gasteiger partial charge < -0.3 is 9.47 Å². The van der Waals surface area contributed by atoms with Crippen LogP contribution in [0.25, 0.3) is 0 Å². The molecule has 1 aromatic carbocycles. The van der Waals surface area contributed by atoms with E-state index in [4.69, 9.17) is 21.1 Å². The van der Waals surface area contributed by atoms with Crippen LogP contribution in [-0.2, 0) is 10.0 Å². The van der Waals surface area contributed by atoms with E-state index < -0.39 is 10.0 Å². The Hall–Kier alpha value is -1.73. The maximum Gasteiger partial charge on any atom is 0.286 e. The molecule has 0 spiro atoms. The number of methoxy groups -OCH3 is 2. The van der Waals surface area contributed by atoms with Gasteiger partial charge in [0.05, 0.1) is 31.6 Å². The predicted molar refractivity (Wildman–Crippen MR) is 69.4 cm³/mol. The molecule has 102 valence electrons. The summed E-state index contributed by atoms with van der Waals surface area (Å²) in [6, 6.07) is 4.40. The standard InChI is InChI=1S/C11H11ClN2O4S/c1-17-9-3-4-11(10(5-9)18-2)19(15,16)14-7-8(12)6-13-14/h3-7H,1-2H3. The number of ether oxygens (including phenoxy) is 2. The van der Waals surface area contributed by atoms with E-state index in [1.165, 1.54) is 44.8 Å². The van der Waals surface area contributed by atoms with E-state index in [0.29, 0.717) is 5.75 Å². The van der Waals surface area contributed by atoms with Gasteiger partial charge in [-0.2, -0.15) is 17.6 Å².